The molecule has 0 bridgehead atoms. The molecule has 0 fully saturated rings. The molecule has 0 spiro atoms. The number of nitrogens with zero attached hydrogens (tertiary/aromatic N) is 3. The Labute approximate surface area is 177 Å². The topological polar surface area (TPSA) is 104 Å². The maximum absolute atomic E-state index is 10.7. The Morgan fingerprint density at radius 2 is 1.84 bits per heavy atom. The zero-order chi connectivity index (χ0) is 21.2. The Morgan fingerprint density at radius 1 is 1.00 bits per heavy atom. The summed E-state index contributed by atoms with van der Waals surface area (Å²) in [6.07, 6.45) is 4.44. The second kappa shape index (κ2) is 7.72. The van der Waals surface area contributed by atoms with Gasteiger partial charge in [0.1, 0.15) is 5.82 Å². The van der Waals surface area contributed by atoms with Crippen LogP contribution in [-0.4, -0.2) is 31.2 Å². The minimum absolute atomic E-state index is 0.583. The summed E-state index contributed by atoms with van der Waals surface area (Å²) in [5.74, 6) is 0.309. The molecule has 0 saturated heterocycles. The fraction of sp³-hybridized carbons (Fsp3) is 0. The van der Waals surface area contributed by atoms with E-state index >= 15 is 0 Å². The molecule has 0 unspecified atom stereocenters. The molecule has 0 atom stereocenters. The lowest BCUT2D eigenvalue weighted by Crippen LogP contribution is -1.99. The Hall–Kier alpha value is -4.52. The van der Waals surface area contributed by atoms with Gasteiger partial charge in [-0.1, -0.05) is 36.4 Å². The van der Waals surface area contributed by atoms with E-state index in [4.69, 9.17) is 15.1 Å². The molecule has 0 aliphatic carbocycles. The molecule has 2 aromatic heterocycles. The van der Waals surface area contributed by atoms with E-state index in [1.165, 1.54) is 0 Å². The smallest absolute Gasteiger partial charge is 0.328 e. The van der Waals surface area contributed by atoms with Gasteiger partial charge >= 0.3 is 5.97 Å². The van der Waals surface area contributed by atoms with Crippen molar-refractivity contribution in [3.05, 3.63) is 84.6 Å². The van der Waals surface area contributed by atoms with E-state index in [9.17, 15) is 4.79 Å². The standard InChI is InChI=1S/C24H17N5O2/c30-22(31)12-7-15-5-8-16(9-6-15)23-27-21-4-2-1-3-19(21)24(28-23)26-18-10-11-20-17(13-18)14-25-29-20/h1-14H,(H,25,29)(H,30,31)(H,26,27,28). The van der Waals surface area contributed by atoms with Gasteiger partial charge in [0, 0.05) is 28.1 Å². The van der Waals surface area contributed by atoms with E-state index in [1.807, 2.05) is 66.7 Å². The van der Waals surface area contributed by atoms with Gasteiger partial charge in [-0.05, 0) is 42.0 Å². The van der Waals surface area contributed by atoms with Crippen LogP contribution in [0.4, 0.5) is 11.5 Å². The van der Waals surface area contributed by atoms with Crippen LogP contribution in [0.3, 0.4) is 0 Å². The van der Waals surface area contributed by atoms with Crippen LogP contribution in [0.2, 0.25) is 0 Å². The summed E-state index contributed by atoms with van der Waals surface area (Å²) >= 11 is 0. The second-order valence-corrected chi connectivity index (χ2v) is 7.00. The van der Waals surface area contributed by atoms with Gasteiger partial charge in [-0.3, -0.25) is 5.10 Å². The van der Waals surface area contributed by atoms with Crippen molar-refractivity contribution in [2.75, 3.05) is 5.32 Å². The van der Waals surface area contributed by atoms with Crippen LogP contribution in [-0.2, 0) is 4.79 Å². The van der Waals surface area contributed by atoms with Gasteiger partial charge in [-0.15, -0.1) is 0 Å². The maximum atomic E-state index is 10.7. The van der Waals surface area contributed by atoms with Crippen molar-refractivity contribution in [2.24, 2.45) is 0 Å². The number of aromatic nitrogens is 4. The first kappa shape index (κ1) is 18.5. The SMILES string of the molecule is O=C(O)C=Cc1ccc(-c2nc(Nc3ccc4[nH]ncc4c3)c3ccccc3n2)cc1. The minimum atomic E-state index is -0.980. The Morgan fingerprint density at radius 3 is 2.68 bits per heavy atom. The third kappa shape index (κ3) is 3.84. The Bertz CT molecular complexity index is 1440. The quantitative estimate of drug-likeness (QED) is 0.354. The number of para-hydroxylation sites is 1. The number of benzene rings is 3. The lowest BCUT2D eigenvalue weighted by molar-refractivity contribution is -0.131. The Balaban J connectivity index is 1.54. The van der Waals surface area contributed by atoms with Crippen LogP contribution >= 0.6 is 0 Å². The first-order valence-corrected chi connectivity index (χ1v) is 9.64. The van der Waals surface area contributed by atoms with Crippen LogP contribution in [0.25, 0.3) is 39.3 Å². The molecule has 31 heavy (non-hydrogen) atoms. The highest BCUT2D eigenvalue weighted by atomic mass is 16.4. The van der Waals surface area contributed by atoms with Crippen LogP contribution in [0.5, 0.6) is 0 Å². The number of carboxylic acid groups (broad SMARTS) is 1. The highest BCUT2D eigenvalue weighted by molar-refractivity contribution is 5.93. The average Bonchev–Trinajstić information content (AvgIpc) is 3.26. The fourth-order valence-corrected chi connectivity index (χ4v) is 3.37. The number of aromatic amines is 1. The Kier molecular flexibility index (Phi) is 4.61. The van der Waals surface area contributed by atoms with Crippen molar-refractivity contribution >= 4 is 45.4 Å². The molecule has 0 aliphatic heterocycles. The number of carbonyl (C=O) groups is 1. The molecule has 5 aromatic rings. The molecule has 0 amide bonds. The van der Waals surface area contributed by atoms with E-state index in [1.54, 1.807) is 12.3 Å². The van der Waals surface area contributed by atoms with E-state index in [-0.39, 0.29) is 0 Å². The first-order chi connectivity index (χ1) is 15.2. The largest absolute Gasteiger partial charge is 0.478 e. The number of carboxylic acids is 1. The van der Waals surface area contributed by atoms with Crippen LogP contribution < -0.4 is 5.32 Å². The van der Waals surface area contributed by atoms with Gasteiger partial charge in [0.25, 0.3) is 0 Å². The number of fused-ring (bicyclic) bond motifs is 2. The van der Waals surface area contributed by atoms with Gasteiger partial charge < -0.3 is 10.4 Å². The number of hydrogen-bond acceptors (Lipinski definition) is 5. The molecule has 0 aliphatic rings. The highest BCUT2D eigenvalue weighted by Gasteiger charge is 2.10. The highest BCUT2D eigenvalue weighted by Crippen LogP contribution is 2.28. The molecule has 150 valence electrons. The molecule has 0 saturated carbocycles. The van der Waals surface area contributed by atoms with E-state index in [0.29, 0.717) is 11.6 Å². The van der Waals surface area contributed by atoms with Crippen molar-refractivity contribution in [2.45, 2.75) is 0 Å². The van der Waals surface area contributed by atoms with Gasteiger partial charge in [-0.25, -0.2) is 14.8 Å². The molecule has 7 heteroatoms. The lowest BCUT2D eigenvalue weighted by Gasteiger charge is -2.11. The van der Waals surface area contributed by atoms with Crippen molar-refractivity contribution < 1.29 is 9.90 Å². The summed E-state index contributed by atoms with van der Waals surface area (Å²) in [7, 11) is 0. The van der Waals surface area contributed by atoms with Crippen LogP contribution in [0.15, 0.2) is 79.0 Å². The predicted octanol–water partition coefficient (Wildman–Crippen LogP) is 5.01. The molecule has 2 heterocycles. The van der Waals surface area contributed by atoms with Crippen molar-refractivity contribution in [3.63, 3.8) is 0 Å². The number of rotatable bonds is 5. The predicted molar refractivity (Wildman–Crippen MR) is 121 cm³/mol. The van der Waals surface area contributed by atoms with Gasteiger partial charge in [-0.2, -0.15) is 5.10 Å². The summed E-state index contributed by atoms with van der Waals surface area (Å²) < 4.78 is 0. The summed E-state index contributed by atoms with van der Waals surface area (Å²) in [6, 6.07) is 21.2. The monoisotopic (exact) mass is 407 g/mol. The third-order valence-corrected chi connectivity index (χ3v) is 4.89. The number of anilines is 2. The number of aliphatic carboxylic acids is 1. The molecule has 5 rings (SSSR count). The first-order valence-electron chi connectivity index (χ1n) is 9.64. The van der Waals surface area contributed by atoms with Gasteiger partial charge in [0.2, 0.25) is 0 Å². The number of nitrogens with one attached hydrogen (secondary N) is 2. The normalized spacial score (nSPS) is 11.4. The van der Waals surface area contributed by atoms with Crippen molar-refractivity contribution in [1.29, 1.82) is 0 Å². The van der Waals surface area contributed by atoms with Crippen molar-refractivity contribution in [1.82, 2.24) is 20.2 Å². The fourth-order valence-electron chi connectivity index (χ4n) is 3.37. The summed E-state index contributed by atoms with van der Waals surface area (Å²) in [5.41, 5.74) is 4.33. The molecule has 3 N–H and O–H groups in total. The van der Waals surface area contributed by atoms with E-state index in [2.05, 4.69) is 15.5 Å². The van der Waals surface area contributed by atoms with Crippen molar-refractivity contribution in [3.8, 4) is 11.4 Å². The van der Waals surface area contributed by atoms with Crippen LogP contribution in [0, 0.1) is 0 Å². The minimum Gasteiger partial charge on any atom is -0.478 e. The lowest BCUT2D eigenvalue weighted by atomic mass is 10.1. The summed E-state index contributed by atoms with van der Waals surface area (Å²) in [6.45, 7) is 0. The van der Waals surface area contributed by atoms with Crippen LogP contribution in [0.1, 0.15) is 5.56 Å². The number of H-pyrrole nitrogens is 1. The van der Waals surface area contributed by atoms with E-state index in [0.717, 1.165) is 44.7 Å². The molecular weight excluding hydrogens is 390 g/mol. The van der Waals surface area contributed by atoms with Gasteiger partial charge in [0.15, 0.2) is 5.82 Å². The average molecular weight is 407 g/mol. The zero-order valence-electron chi connectivity index (χ0n) is 16.3. The maximum Gasteiger partial charge on any atom is 0.328 e. The molecule has 3 aromatic carbocycles. The second-order valence-electron chi connectivity index (χ2n) is 7.00. The summed E-state index contributed by atoms with van der Waals surface area (Å²) in [4.78, 5) is 20.2. The third-order valence-electron chi connectivity index (χ3n) is 4.89. The van der Waals surface area contributed by atoms with Gasteiger partial charge in [0.05, 0.1) is 17.2 Å². The zero-order valence-corrected chi connectivity index (χ0v) is 16.3. The molecule has 0 radical (unpaired) electrons. The number of hydrogen-bond donors (Lipinski definition) is 3. The molecular formula is C24H17N5O2. The molecule has 7 nitrogen and oxygen atoms in total. The van der Waals surface area contributed by atoms with E-state index < -0.39 is 5.97 Å². The summed E-state index contributed by atoms with van der Waals surface area (Å²) in [5, 5.41) is 21.1.